The second-order valence-corrected chi connectivity index (χ2v) is 4.79. The summed E-state index contributed by atoms with van der Waals surface area (Å²) in [6.45, 7) is 9.62. The highest BCUT2D eigenvalue weighted by molar-refractivity contribution is 6.03. The van der Waals surface area contributed by atoms with Crippen LogP contribution in [0.1, 0.15) is 40.5 Å². The van der Waals surface area contributed by atoms with Gasteiger partial charge in [0.2, 0.25) is 0 Å². The number of rotatable bonds is 9. The van der Waals surface area contributed by atoms with Crippen LogP contribution >= 0.6 is 0 Å². The van der Waals surface area contributed by atoms with Gasteiger partial charge in [0, 0.05) is 0 Å². The third-order valence-corrected chi connectivity index (χ3v) is 3.06. The summed E-state index contributed by atoms with van der Waals surface area (Å²) >= 11 is 0. The predicted octanol–water partition coefficient (Wildman–Crippen LogP) is 4.10. The lowest BCUT2D eigenvalue weighted by molar-refractivity contribution is 0.0469. The Morgan fingerprint density at radius 1 is 1.09 bits per heavy atom. The minimum atomic E-state index is -0.579. The molecule has 23 heavy (non-hydrogen) atoms. The molecule has 4 heteroatoms. The van der Waals surface area contributed by atoms with E-state index in [1.165, 1.54) is 0 Å². The number of hydrogen-bond acceptors (Lipinski definition) is 4. The van der Waals surface area contributed by atoms with Gasteiger partial charge in [0.05, 0.1) is 17.7 Å². The van der Waals surface area contributed by atoms with Crippen LogP contribution < -0.4 is 0 Å². The van der Waals surface area contributed by atoms with E-state index in [9.17, 15) is 9.59 Å². The average Bonchev–Trinajstić information content (AvgIpc) is 2.58. The van der Waals surface area contributed by atoms with Gasteiger partial charge in [-0.3, -0.25) is 0 Å². The SMILES string of the molecule is C=C/C=C(\C=C)COC(=O)c1ccccc1C(=O)OCCCC. The Labute approximate surface area is 137 Å². The van der Waals surface area contributed by atoms with Crippen LogP contribution in [-0.2, 0) is 9.47 Å². The third-order valence-electron chi connectivity index (χ3n) is 3.06. The van der Waals surface area contributed by atoms with Gasteiger partial charge in [-0.1, -0.05) is 56.9 Å². The Hall–Kier alpha value is -2.62. The molecule has 1 aromatic carbocycles. The molecule has 0 radical (unpaired) electrons. The van der Waals surface area contributed by atoms with Crippen molar-refractivity contribution in [3.05, 3.63) is 72.4 Å². The first-order valence-electron chi connectivity index (χ1n) is 7.51. The number of hydrogen-bond donors (Lipinski definition) is 0. The van der Waals surface area contributed by atoms with Gasteiger partial charge >= 0.3 is 11.9 Å². The van der Waals surface area contributed by atoms with E-state index in [1.54, 1.807) is 42.5 Å². The first kappa shape index (κ1) is 18.4. The van der Waals surface area contributed by atoms with Crippen LogP contribution in [0.3, 0.4) is 0 Å². The Morgan fingerprint density at radius 3 is 2.22 bits per heavy atom. The van der Waals surface area contributed by atoms with Gasteiger partial charge in [-0.05, 0) is 24.1 Å². The van der Waals surface area contributed by atoms with Crippen LogP contribution in [0.5, 0.6) is 0 Å². The fourth-order valence-corrected chi connectivity index (χ4v) is 1.78. The van der Waals surface area contributed by atoms with E-state index >= 15 is 0 Å². The van der Waals surface area contributed by atoms with Crippen LogP contribution in [0.15, 0.2) is 61.2 Å². The second-order valence-electron chi connectivity index (χ2n) is 4.79. The van der Waals surface area contributed by atoms with Gasteiger partial charge < -0.3 is 9.47 Å². The number of carbonyl (C=O) groups is 2. The van der Waals surface area contributed by atoms with E-state index < -0.39 is 11.9 Å². The van der Waals surface area contributed by atoms with Crippen LogP contribution in [0.2, 0.25) is 0 Å². The maximum absolute atomic E-state index is 12.2. The normalized spacial score (nSPS) is 10.7. The minimum absolute atomic E-state index is 0.0631. The zero-order valence-corrected chi connectivity index (χ0v) is 13.4. The zero-order valence-electron chi connectivity index (χ0n) is 13.4. The van der Waals surface area contributed by atoms with Gasteiger partial charge in [0.25, 0.3) is 0 Å². The lowest BCUT2D eigenvalue weighted by atomic mass is 10.1. The Morgan fingerprint density at radius 2 is 1.70 bits per heavy atom. The van der Waals surface area contributed by atoms with Gasteiger partial charge in [-0.25, -0.2) is 9.59 Å². The first-order chi connectivity index (χ1) is 11.1. The van der Waals surface area contributed by atoms with E-state index in [4.69, 9.17) is 9.47 Å². The number of benzene rings is 1. The van der Waals surface area contributed by atoms with Crippen LogP contribution in [0.4, 0.5) is 0 Å². The highest BCUT2D eigenvalue weighted by Crippen LogP contribution is 2.13. The highest BCUT2D eigenvalue weighted by atomic mass is 16.5. The van der Waals surface area contributed by atoms with Crippen molar-refractivity contribution in [3.63, 3.8) is 0 Å². The summed E-state index contributed by atoms with van der Waals surface area (Å²) in [6, 6.07) is 6.45. The largest absolute Gasteiger partial charge is 0.462 e. The van der Waals surface area contributed by atoms with Gasteiger partial charge in [0.1, 0.15) is 6.61 Å². The summed E-state index contributed by atoms with van der Waals surface area (Å²) in [6.07, 6.45) is 6.58. The maximum Gasteiger partial charge on any atom is 0.339 e. The second kappa shape index (κ2) is 10.2. The van der Waals surface area contributed by atoms with E-state index in [0.29, 0.717) is 6.61 Å². The van der Waals surface area contributed by atoms with Crippen molar-refractivity contribution < 1.29 is 19.1 Å². The molecule has 0 N–H and O–H groups in total. The molecule has 4 nitrogen and oxygen atoms in total. The van der Waals surface area contributed by atoms with Gasteiger partial charge in [0.15, 0.2) is 0 Å². The van der Waals surface area contributed by atoms with E-state index in [2.05, 4.69) is 13.2 Å². The number of esters is 2. The maximum atomic E-state index is 12.2. The lowest BCUT2D eigenvalue weighted by Gasteiger charge is -2.10. The molecule has 0 saturated heterocycles. The lowest BCUT2D eigenvalue weighted by Crippen LogP contribution is -2.15. The molecule has 0 atom stereocenters. The Kier molecular flexibility index (Phi) is 8.14. The fourth-order valence-electron chi connectivity index (χ4n) is 1.78. The summed E-state index contributed by atoms with van der Waals surface area (Å²) in [5.74, 6) is -1.10. The summed E-state index contributed by atoms with van der Waals surface area (Å²) in [5.41, 5.74) is 1.12. The number of carbonyl (C=O) groups excluding carboxylic acids is 2. The van der Waals surface area contributed by atoms with E-state index in [1.807, 2.05) is 6.92 Å². The molecule has 1 rings (SSSR count). The predicted molar refractivity (Wildman–Crippen MR) is 90.4 cm³/mol. The molecule has 0 saturated carbocycles. The van der Waals surface area contributed by atoms with Crippen molar-refractivity contribution in [2.24, 2.45) is 0 Å². The number of unbranched alkanes of at least 4 members (excludes halogenated alkanes) is 1. The van der Waals surface area contributed by atoms with Crippen molar-refractivity contribution in [1.82, 2.24) is 0 Å². The number of ether oxygens (including phenoxy) is 2. The number of allylic oxidation sites excluding steroid dienone is 2. The zero-order chi connectivity index (χ0) is 17.1. The fraction of sp³-hybridized carbons (Fsp3) is 0.263. The Bertz CT molecular complexity index is 599. The molecule has 0 unspecified atom stereocenters. The monoisotopic (exact) mass is 314 g/mol. The molecule has 0 heterocycles. The highest BCUT2D eigenvalue weighted by Gasteiger charge is 2.18. The summed E-state index contributed by atoms with van der Waals surface area (Å²) in [7, 11) is 0. The van der Waals surface area contributed by atoms with E-state index in [0.717, 1.165) is 18.4 Å². The molecule has 0 aromatic heterocycles. The quantitative estimate of drug-likeness (QED) is 0.391. The minimum Gasteiger partial charge on any atom is -0.462 e. The Balaban J connectivity index is 2.81. The molecule has 122 valence electrons. The van der Waals surface area contributed by atoms with Crippen molar-refractivity contribution in [1.29, 1.82) is 0 Å². The third kappa shape index (κ3) is 5.94. The summed E-state index contributed by atoms with van der Waals surface area (Å²) < 4.78 is 10.4. The molecule has 0 aliphatic carbocycles. The van der Waals surface area contributed by atoms with Crippen molar-refractivity contribution in [2.45, 2.75) is 19.8 Å². The molecule has 0 aliphatic rings. The summed E-state index contributed by atoms with van der Waals surface area (Å²) in [4.78, 5) is 24.3. The van der Waals surface area contributed by atoms with E-state index in [-0.39, 0.29) is 17.7 Å². The standard InChI is InChI=1S/C19H22O4/c1-4-7-13-22-18(20)16-11-8-9-12-17(16)19(21)23-14-15(6-3)10-5-2/h5-6,8-12H,2-4,7,13-14H2,1H3/b15-10+. The molecular weight excluding hydrogens is 292 g/mol. The first-order valence-corrected chi connectivity index (χ1v) is 7.51. The smallest absolute Gasteiger partial charge is 0.339 e. The molecule has 0 bridgehead atoms. The average molecular weight is 314 g/mol. The van der Waals surface area contributed by atoms with Crippen LogP contribution in [0, 0.1) is 0 Å². The summed E-state index contributed by atoms with van der Waals surface area (Å²) in [5, 5.41) is 0. The molecule has 0 aliphatic heterocycles. The van der Waals surface area contributed by atoms with Crippen molar-refractivity contribution in [3.8, 4) is 0 Å². The van der Waals surface area contributed by atoms with Gasteiger partial charge in [-0.2, -0.15) is 0 Å². The topological polar surface area (TPSA) is 52.6 Å². The molecular formula is C19H22O4. The molecule has 0 spiro atoms. The van der Waals surface area contributed by atoms with Crippen molar-refractivity contribution >= 4 is 11.9 Å². The van der Waals surface area contributed by atoms with Crippen LogP contribution in [-0.4, -0.2) is 25.2 Å². The molecule has 0 amide bonds. The molecule has 0 fully saturated rings. The van der Waals surface area contributed by atoms with Crippen molar-refractivity contribution in [2.75, 3.05) is 13.2 Å². The van der Waals surface area contributed by atoms with Crippen LogP contribution in [0.25, 0.3) is 0 Å². The molecule has 1 aromatic rings. The van der Waals surface area contributed by atoms with Gasteiger partial charge in [-0.15, -0.1) is 0 Å².